The topological polar surface area (TPSA) is 61.8 Å². The Bertz CT molecular complexity index is 367. The third-order valence-corrected chi connectivity index (χ3v) is 2.03. The van der Waals surface area contributed by atoms with Gasteiger partial charge in [-0.05, 0) is 5.92 Å². The van der Waals surface area contributed by atoms with Crippen LogP contribution in [0, 0.1) is 5.92 Å². The van der Waals surface area contributed by atoms with Gasteiger partial charge in [0.2, 0.25) is 0 Å². The molecule has 8 heteroatoms. The Balaban J connectivity index is 4.89. The maximum Gasteiger partial charge on any atom is 0.379 e. The third-order valence-electron chi connectivity index (χ3n) is 1.90. The molecule has 0 bridgehead atoms. The highest BCUT2D eigenvalue weighted by molar-refractivity contribution is 7.81. The number of ether oxygens (including phenoxy) is 3. The maximum absolute atomic E-state index is 12.7. The molecule has 0 spiro atoms. The number of hydrogen-bond acceptors (Lipinski definition) is 6. The van der Waals surface area contributed by atoms with Gasteiger partial charge in [0.25, 0.3) is 0 Å². The number of carbonyl (C=O) groups excluding carboxylic acids is 2. The summed E-state index contributed by atoms with van der Waals surface area (Å²) in [5.41, 5.74) is 0. The largest absolute Gasteiger partial charge is 0.461 e. The summed E-state index contributed by atoms with van der Waals surface area (Å²) in [6.45, 7) is 6.51. The Morgan fingerprint density at radius 2 is 1.95 bits per heavy atom. The smallest absolute Gasteiger partial charge is 0.379 e. The Kier molecular flexibility index (Phi) is 7.15. The van der Waals surface area contributed by atoms with E-state index in [1.165, 1.54) is 0 Å². The molecule has 0 aliphatic carbocycles. The first-order valence-corrected chi connectivity index (χ1v) is 6.21. The molecule has 0 saturated heterocycles. The van der Waals surface area contributed by atoms with E-state index in [0.29, 0.717) is 0 Å². The van der Waals surface area contributed by atoms with Gasteiger partial charge in [-0.25, -0.2) is 9.59 Å². The summed E-state index contributed by atoms with van der Waals surface area (Å²) in [5, 5.41) is -3.49. The predicted octanol–water partition coefficient (Wildman–Crippen LogP) is 2.17. The summed E-state index contributed by atoms with van der Waals surface area (Å²) >= 11 is 2.96. The first kappa shape index (κ1) is 18.9. The minimum atomic E-state index is -3.49. The maximum atomic E-state index is 12.7. The van der Waals surface area contributed by atoms with Crippen LogP contribution in [0.2, 0.25) is 0 Å². The molecule has 0 heterocycles. The van der Waals surface area contributed by atoms with Gasteiger partial charge in [0, 0.05) is 13.0 Å². The monoisotopic (exact) mass is 312 g/mol. The molecule has 1 unspecified atom stereocenters. The van der Waals surface area contributed by atoms with Crippen LogP contribution in [0.3, 0.4) is 0 Å². The fraction of sp³-hybridized carbons (Fsp3) is 0.667. The van der Waals surface area contributed by atoms with Crippen molar-refractivity contribution in [2.45, 2.75) is 31.8 Å². The Labute approximate surface area is 121 Å². The molecule has 0 amide bonds. The van der Waals surface area contributed by atoms with Crippen LogP contribution in [-0.2, 0) is 23.8 Å². The summed E-state index contributed by atoms with van der Waals surface area (Å²) < 4.78 is 39.5. The second-order valence-corrected chi connectivity index (χ2v) is 5.17. The van der Waals surface area contributed by atoms with Gasteiger partial charge < -0.3 is 14.2 Å². The quantitative estimate of drug-likeness (QED) is 0.322. The summed E-state index contributed by atoms with van der Waals surface area (Å²) in [6.07, 6.45) is 0.774. The average Bonchev–Trinajstić information content (AvgIpc) is 2.32. The standard InChI is InChI=1S/C12H18F2O5S/c1-5-9(15)19-11(4,18-7-12(13,14)20)10(16)17-6-8(2)3/h5,8,20H,1,6-7H2,2-4H3. The van der Waals surface area contributed by atoms with Crippen molar-refractivity contribution >= 4 is 24.6 Å². The zero-order valence-corrected chi connectivity index (χ0v) is 12.4. The number of alkyl halides is 2. The lowest BCUT2D eigenvalue weighted by Crippen LogP contribution is -2.46. The van der Waals surface area contributed by atoms with Crippen molar-refractivity contribution in [1.29, 1.82) is 0 Å². The van der Waals surface area contributed by atoms with E-state index in [9.17, 15) is 18.4 Å². The van der Waals surface area contributed by atoms with Crippen molar-refractivity contribution in [1.82, 2.24) is 0 Å². The van der Waals surface area contributed by atoms with Crippen LogP contribution < -0.4 is 0 Å². The van der Waals surface area contributed by atoms with Crippen molar-refractivity contribution in [3.63, 3.8) is 0 Å². The predicted molar refractivity (Wildman–Crippen MR) is 70.4 cm³/mol. The lowest BCUT2D eigenvalue weighted by atomic mass is 10.2. The van der Waals surface area contributed by atoms with Gasteiger partial charge in [-0.2, -0.15) is 8.78 Å². The normalized spacial score (nSPS) is 14.6. The molecule has 0 radical (unpaired) electrons. The van der Waals surface area contributed by atoms with E-state index in [2.05, 4.69) is 28.7 Å². The van der Waals surface area contributed by atoms with E-state index in [1.54, 1.807) is 13.8 Å². The number of halogens is 2. The van der Waals surface area contributed by atoms with Crippen LogP contribution in [0.1, 0.15) is 20.8 Å². The molecular formula is C12H18F2O5S. The zero-order valence-electron chi connectivity index (χ0n) is 11.5. The first-order chi connectivity index (χ1) is 9.00. The summed E-state index contributed by atoms with van der Waals surface area (Å²) in [7, 11) is 0. The summed E-state index contributed by atoms with van der Waals surface area (Å²) in [6, 6.07) is 0. The number of thiol groups is 1. The van der Waals surface area contributed by atoms with E-state index < -0.39 is 29.6 Å². The van der Waals surface area contributed by atoms with Crippen molar-refractivity contribution in [2.75, 3.05) is 13.2 Å². The number of hydrogen-bond donors (Lipinski definition) is 1. The van der Waals surface area contributed by atoms with Gasteiger partial charge in [0.15, 0.2) is 0 Å². The van der Waals surface area contributed by atoms with Crippen molar-refractivity contribution < 1.29 is 32.6 Å². The highest BCUT2D eigenvalue weighted by Crippen LogP contribution is 2.24. The average molecular weight is 312 g/mol. The number of rotatable bonds is 8. The second kappa shape index (κ2) is 7.58. The van der Waals surface area contributed by atoms with Crippen LogP contribution in [0.15, 0.2) is 12.7 Å². The molecule has 0 aromatic carbocycles. The third kappa shape index (κ3) is 7.44. The molecule has 1 atom stereocenters. The molecule has 5 nitrogen and oxygen atoms in total. The van der Waals surface area contributed by atoms with Crippen LogP contribution >= 0.6 is 12.6 Å². The molecule has 0 fully saturated rings. The van der Waals surface area contributed by atoms with Crippen LogP contribution in [0.5, 0.6) is 0 Å². The minimum absolute atomic E-state index is 0.0182. The van der Waals surface area contributed by atoms with Crippen molar-refractivity contribution in [2.24, 2.45) is 5.92 Å². The Hall–Kier alpha value is -1.15. The molecule has 0 saturated carbocycles. The van der Waals surface area contributed by atoms with Gasteiger partial charge in [0.1, 0.15) is 6.61 Å². The van der Waals surface area contributed by atoms with Gasteiger partial charge >= 0.3 is 23.0 Å². The molecule has 0 aliphatic rings. The van der Waals surface area contributed by atoms with Crippen LogP contribution in [0.25, 0.3) is 0 Å². The highest BCUT2D eigenvalue weighted by atomic mass is 32.1. The van der Waals surface area contributed by atoms with Gasteiger partial charge in [-0.15, -0.1) is 12.6 Å². The van der Waals surface area contributed by atoms with Crippen molar-refractivity contribution in [3.8, 4) is 0 Å². The fourth-order valence-corrected chi connectivity index (χ4v) is 1.03. The second-order valence-electron chi connectivity index (χ2n) is 4.52. The van der Waals surface area contributed by atoms with Crippen molar-refractivity contribution in [3.05, 3.63) is 12.7 Å². The fourth-order valence-electron chi connectivity index (χ4n) is 0.962. The molecular weight excluding hydrogens is 294 g/mol. The van der Waals surface area contributed by atoms with E-state index >= 15 is 0 Å². The zero-order chi connectivity index (χ0) is 16.0. The van der Waals surface area contributed by atoms with E-state index in [1.807, 2.05) is 0 Å². The van der Waals surface area contributed by atoms with E-state index in [4.69, 9.17) is 4.74 Å². The summed E-state index contributed by atoms with van der Waals surface area (Å²) in [4.78, 5) is 23.0. The SMILES string of the molecule is C=CC(=O)OC(C)(OCC(F)(F)S)C(=O)OCC(C)C. The van der Waals surface area contributed by atoms with E-state index in [0.717, 1.165) is 13.0 Å². The highest BCUT2D eigenvalue weighted by Gasteiger charge is 2.43. The lowest BCUT2D eigenvalue weighted by Gasteiger charge is -2.28. The molecule has 0 aromatic rings. The lowest BCUT2D eigenvalue weighted by molar-refractivity contribution is -0.243. The van der Waals surface area contributed by atoms with Crippen LogP contribution in [0.4, 0.5) is 8.78 Å². The Morgan fingerprint density at radius 1 is 1.40 bits per heavy atom. The van der Waals surface area contributed by atoms with Gasteiger partial charge in [0.05, 0.1) is 6.61 Å². The van der Waals surface area contributed by atoms with Gasteiger partial charge in [-0.3, -0.25) is 0 Å². The number of carbonyl (C=O) groups is 2. The molecule has 116 valence electrons. The molecule has 0 aromatic heterocycles. The molecule has 0 rings (SSSR count). The van der Waals surface area contributed by atoms with Gasteiger partial charge in [-0.1, -0.05) is 20.4 Å². The molecule has 20 heavy (non-hydrogen) atoms. The minimum Gasteiger partial charge on any atom is -0.461 e. The summed E-state index contributed by atoms with van der Waals surface area (Å²) in [5.74, 6) is -4.35. The number of esters is 2. The van der Waals surface area contributed by atoms with Crippen LogP contribution in [-0.4, -0.2) is 36.2 Å². The van der Waals surface area contributed by atoms with E-state index in [-0.39, 0.29) is 12.5 Å². The first-order valence-electron chi connectivity index (χ1n) is 5.77. The molecule has 0 aliphatic heterocycles. The Morgan fingerprint density at radius 3 is 2.35 bits per heavy atom. The molecule has 0 N–H and O–H groups in total.